The van der Waals surface area contributed by atoms with Crippen LogP contribution >= 0.6 is 0 Å². The Morgan fingerprint density at radius 3 is 2.18 bits per heavy atom. The molecule has 0 amide bonds. The summed E-state index contributed by atoms with van der Waals surface area (Å²) < 4.78 is 0. The van der Waals surface area contributed by atoms with E-state index < -0.39 is 0 Å². The van der Waals surface area contributed by atoms with Gasteiger partial charge in [-0.25, -0.2) is 0 Å². The number of hydrogen-bond donors (Lipinski definition) is 0. The first-order valence-corrected chi connectivity index (χ1v) is 3.61. The lowest BCUT2D eigenvalue weighted by atomic mass is 10.1. The molecule has 0 aromatic rings. The molecule has 0 heterocycles. The molecular weight excluding hydrogens is 134 g/mol. The molecule has 1 heteroatoms. The van der Waals surface area contributed by atoms with Gasteiger partial charge in [0.15, 0.2) is 0 Å². The van der Waals surface area contributed by atoms with Crippen molar-refractivity contribution in [3.8, 4) is 0 Å². The second-order valence-electron chi connectivity index (χ2n) is 2.37. The average Bonchev–Trinajstić information content (AvgIpc) is 1.88. The molecule has 0 aliphatic carbocycles. The van der Waals surface area contributed by atoms with Crippen molar-refractivity contribution in [2.45, 2.75) is 20.8 Å². The van der Waals surface area contributed by atoms with E-state index in [1.807, 2.05) is 20.8 Å². The highest BCUT2D eigenvalue weighted by atomic mass is 14.7. The molecule has 0 aromatic heterocycles. The Hall–Kier alpha value is -1.11. The van der Waals surface area contributed by atoms with Gasteiger partial charge >= 0.3 is 0 Å². The summed E-state index contributed by atoms with van der Waals surface area (Å²) in [4.78, 5) is 4.14. The third-order valence-electron chi connectivity index (χ3n) is 1.38. The van der Waals surface area contributed by atoms with Crippen molar-refractivity contribution in [2.75, 3.05) is 0 Å². The summed E-state index contributed by atoms with van der Waals surface area (Å²) in [6.07, 6.45) is 3.55. The zero-order valence-corrected chi connectivity index (χ0v) is 7.52. The van der Waals surface area contributed by atoms with E-state index in [9.17, 15) is 0 Å². The third-order valence-corrected chi connectivity index (χ3v) is 1.38. The van der Waals surface area contributed by atoms with E-state index in [4.69, 9.17) is 0 Å². The van der Waals surface area contributed by atoms with Gasteiger partial charge in [-0.15, -0.1) is 0 Å². The standard InChI is InChI=1S/C10H15N/c1-6-10(8(3)4)9(5)11-7-2/h6-7H,1,3H2,2,4-5H3/b10-9-,11-7-. The van der Waals surface area contributed by atoms with Crippen LogP contribution in [0.4, 0.5) is 0 Å². The van der Waals surface area contributed by atoms with Crippen LogP contribution in [0, 0.1) is 0 Å². The van der Waals surface area contributed by atoms with Crippen molar-refractivity contribution >= 4 is 6.21 Å². The van der Waals surface area contributed by atoms with Gasteiger partial charge in [0.1, 0.15) is 0 Å². The Labute approximate surface area is 68.9 Å². The molecule has 0 atom stereocenters. The summed E-state index contributed by atoms with van der Waals surface area (Å²) in [5, 5.41) is 0. The molecule has 60 valence electrons. The minimum absolute atomic E-state index is 0.968. The van der Waals surface area contributed by atoms with Crippen LogP contribution in [0.5, 0.6) is 0 Å². The van der Waals surface area contributed by atoms with Gasteiger partial charge < -0.3 is 0 Å². The molecular formula is C10H15N. The molecule has 0 fully saturated rings. The van der Waals surface area contributed by atoms with Crippen LogP contribution in [-0.4, -0.2) is 6.21 Å². The summed E-state index contributed by atoms with van der Waals surface area (Å²) in [6.45, 7) is 13.3. The third kappa shape index (κ3) is 2.99. The molecule has 0 saturated carbocycles. The molecule has 0 radical (unpaired) electrons. The summed E-state index contributed by atoms with van der Waals surface area (Å²) in [5.41, 5.74) is 3.00. The van der Waals surface area contributed by atoms with Crippen LogP contribution in [-0.2, 0) is 0 Å². The predicted octanol–water partition coefficient (Wildman–Crippen LogP) is 3.11. The first kappa shape index (κ1) is 9.89. The van der Waals surface area contributed by atoms with E-state index in [0.29, 0.717) is 0 Å². The lowest BCUT2D eigenvalue weighted by Crippen LogP contribution is -1.83. The first-order chi connectivity index (χ1) is 5.13. The van der Waals surface area contributed by atoms with E-state index in [2.05, 4.69) is 18.2 Å². The maximum atomic E-state index is 4.14. The lowest BCUT2D eigenvalue weighted by Gasteiger charge is -2.01. The zero-order valence-electron chi connectivity index (χ0n) is 7.52. The van der Waals surface area contributed by atoms with Gasteiger partial charge in [-0.3, -0.25) is 4.99 Å². The normalized spacial score (nSPS) is 13.0. The molecule has 0 saturated heterocycles. The highest BCUT2D eigenvalue weighted by molar-refractivity contribution is 5.56. The molecule has 0 rings (SSSR count). The number of aliphatic imine (C=N–C) groups is 1. The van der Waals surface area contributed by atoms with Gasteiger partial charge in [0.05, 0.1) is 0 Å². The molecule has 0 aliphatic rings. The van der Waals surface area contributed by atoms with Gasteiger partial charge in [-0.2, -0.15) is 0 Å². The quantitative estimate of drug-likeness (QED) is 0.432. The molecule has 0 spiro atoms. The van der Waals surface area contributed by atoms with Crippen molar-refractivity contribution in [3.63, 3.8) is 0 Å². The van der Waals surface area contributed by atoms with Crippen LogP contribution < -0.4 is 0 Å². The van der Waals surface area contributed by atoms with Gasteiger partial charge in [0, 0.05) is 11.9 Å². The Bertz CT molecular complexity index is 219. The predicted molar refractivity (Wildman–Crippen MR) is 51.9 cm³/mol. The molecule has 0 aliphatic heterocycles. The second-order valence-corrected chi connectivity index (χ2v) is 2.37. The molecule has 0 N–H and O–H groups in total. The van der Waals surface area contributed by atoms with Crippen LogP contribution in [0.15, 0.2) is 41.1 Å². The van der Waals surface area contributed by atoms with Crippen molar-refractivity contribution < 1.29 is 0 Å². The van der Waals surface area contributed by atoms with Crippen molar-refractivity contribution in [3.05, 3.63) is 36.1 Å². The zero-order chi connectivity index (χ0) is 8.85. The Morgan fingerprint density at radius 2 is 1.91 bits per heavy atom. The average molecular weight is 149 g/mol. The Kier molecular flexibility index (Phi) is 4.20. The monoisotopic (exact) mass is 149 g/mol. The first-order valence-electron chi connectivity index (χ1n) is 3.61. The fourth-order valence-corrected chi connectivity index (χ4v) is 0.894. The number of allylic oxidation sites excluding steroid dienone is 4. The fourth-order valence-electron chi connectivity index (χ4n) is 0.894. The number of hydrogen-bond acceptors (Lipinski definition) is 1. The van der Waals surface area contributed by atoms with E-state index in [1.54, 1.807) is 12.3 Å². The van der Waals surface area contributed by atoms with Gasteiger partial charge in [-0.05, 0) is 31.9 Å². The summed E-state index contributed by atoms with van der Waals surface area (Å²) in [5.74, 6) is 0. The van der Waals surface area contributed by atoms with E-state index in [1.165, 1.54) is 0 Å². The molecule has 0 unspecified atom stereocenters. The maximum Gasteiger partial charge on any atom is 0.0443 e. The van der Waals surface area contributed by atoms with E-state index in [-0.39, 0.29) is 0 Å². The van der Waals surface area contributed by atoms with Gasteiger partial charge in [-0.1, -0.05) is 19.2 Å². The Morgan fingerprint density at radius 1 is 1.36 bits per heavy atom. The lowest BCUT2D eigenvalue weighted by molar-refractivity contribution is 1.24. The highest BCUT2D eigenvalue weighted by Crippen LogP contribution is 2.13. The smallest absolute Gasteiger partial charge is 0.0443 e. The van der Waals surface area contributed by atoms with Crippen molar-refractivity contribution in [2.24, 2.45) is 4.99 Å². The van der Waals surface area contributed by atoms with Crippen LogP contribution in [0.2, 0.25) is 0 Å². The van der Waals surface area contributed by atoms with Crippen LogP contribution in [0.1, 0.15) is 20.8 Å². The Balaban J connectivity index is 4.82. The summed E-state index contributed by atoms with van der Waals surface area (Å²) >= 11 is 0. The topological polar surface area (TPSA) is 12.4 Å². The summed E-state index contributed by atoms with van der Waals surface area (Å²) in [6, 6.07) is 0. The van der Waals surface area contributed by atoms with Crippen molar-refractivity contribution in [1.82, 2.24) is 0 Å². The number of rotatable bonds is 3. The SMILES string of the molecule is C=C/C(C(=C)C)=C(C)/N=C\C. The molecule has 1 nitrogen and oxygen atoms in total. The minimum Gasteiger partial charge on any atom is -0.266 e. The molecule has 11 heavy (non-hydrogen) atoms. The van der Waals surface area contributed by atoms with E-state index >= 15 is 0 Å². The van der Waals surface area contributed by atoms with Crippen molar-refractivity contribution in [1.29, 1.82) is 0 Å². The van der Waals surface area contributed by atoms with Crippen LogP contribution in [0.3, 0.4) is 0 Å². The fraction of sp³-hybridized carbons (Fsp3) is 0.300. The van der Waals surface area contributed by atoms with Crippen LogP contribution in [0.25, 0.3) is 0 Å². The minimum atomic E-state index is 0.968. The highest BCUT2D eigenvalue weighted by Gasteiger charge is 1.95. The van der Waals surface area contributed by atoms with Gasteiger partial charge in [0.25, 0.3) is 0 Å². The molecule has 0 aromatic carbocycles. The maximum absolute atomic E-state index is 4.14. The molecule has 0 bridgehead atoms. The summed E-state index contributed by atoms with van der Waals surface area (Å²) in [7, 11) is 0. The second kappa shape index (κ2) is 4.67. The van der Waals surface area contributed by atoms with E-state index in [0.717, 1.165) is 16.8 Å². The number of nitrogens with zero attached hydrogens (tertiary/aromatic N) is 1. The largest absolute Gasteiger partial charge is 0.266 e. The van der Waals surface area contributed by atoms with Gasteiger partial charge in [0.2, 0.25) is 0 Å².